The summed E-state index contributed by atoms with van der Waals surface area (Å²) in [6, 6.07) is 21.2. The van der Waals surface area contributed by atoms with Crippen LogP contribution in [0, 0.1) is 11.8 Å². The summed E-state index contributed by atoms with van der Waals surface area (Å²) in [5.41, 5.74) is 0. The molecular weight excluding hydrogens is 348 g/mol. The highest BCUT2D eigenvalue weighted by molar-refractivity contribution is 6.99. The third kappa shape index (κ3) is 4.60. The van der Waals surface area contributed by atoms with Gasteiger partial charge in [0.25, 0.3) is 8.32 Å². The minimum absolute atomic E-state index is 0.0275. The Balaban J connectivity index is 2.48. The van der Waals surface area contributed by atoms with Gasteiger partial charge in [-0.3, -0.25) is 0 Å². The smallest absolute Gasteiger partial charge is 0.261 e. The van der Waals surface area contributed by atoms with Gasteiger partial charge in [0, 0.05) is 18.4 Å². The van der Waals surface area contributed by atoms with E-state index >= 15 is 0 Å². The van der Waals surface area contributed by atoms with E-state index in [0.29, 0.717) is 6.61 Å². The monoisotopic (exact) mass is 382 g/mol. The molecule has 0 saturated carbocycles. The number of rotatable bonds is 8. The highest BCUT2D eigenvalue weighted by atomic mass is 28.4. The van der Waals surface area contributed by atoms with Crippen molar-refractivity contribution in [3.63, 3.8) is 0 Å². The topological polar surface area (TPSA) is 29.5 Å². The van der Waals surface area contributed by atoms with Gasteiger partial charge >= 0.3 is 0 Å². The second-order valence-corrected chi connectivity index (χ2v) is 12.8. The molecule has 2 aromatic carbocycles. The molecule has 0 aromatic heterocycles. The van der Waals surface area contributed by atoms with Gasteiger partial charge in [-0.05, 0) is 15.4 Å². The standard InChI is InChI=1S/C24H34O2Si/c1-7-19(2)23(25)20(3)18-26-27(24(4,5)6,21-14-10-8-11-15-21)22-16-12-9-13-17-22/h7-17,19-20,23,25H,1,18H2,2-6H3/t19-,20-,23+/m1/s1. The molecule has 0 fully saturated rings. The first-order valence-electron chi connectivity index (χ1n) is 9.79. The second kappa shape index (κ2) is 9.00. The lowest BCUT2D eigenvalue weighted by atomic mass is 9.94. The van der Waals surface area contributed by atoms with E-state index in [1.807, 2.05) is 13.0 Å². The van der Waals surface area contributed by atoms with Gasteiger partial charge in [0.15, 0.2) is 0 Å². The van der Waals surface area contributed by atoms with Crippen molar-refractivity contribution in [3.8, 4) is 0 Å². The zero-order valence-corrected chi connectivity index (χ0v) is 18.4. The largest absolute Gasteiger partial charge is 0.407 e. The van der Waals surface area contributed by atoms with Gasteiger partial charge in [0.2, 0.25) is 0 Å². The summed E-state index contributed by atoms with van der Waals surface area (Å²) in [5.74, 6) is 0.0717. The SMILES string of the molecule is C=C[C@@H](C)[C@H](O)[C@H](C)CO[Si](c1ccccc1)(c1ccccc1)C(C)(C)C. The second-order valence-electron chi connectivity index (χ2n) is 8.54. The molecule has 0 bridgehead atoms. The van der Waals surface area contributed by atoms with E-state index < -0.39 is 14.4 Å². The number of hydrogen-bond acceptors (Lipinski definition) is 2. The average molecular weight is 383 g/mol. The van der Waals surface area contributed by atoms with E-state index in [4.69, 9.17) is 4.43 Å². The Morgan fingerprint density at radius 2 is 1.41 bits per heavy atom. The van der Waals surface area contributed by atoms with Gasteiger partial charge < -0.3 is 9.53 Å². The van der Waals surface area contributed by atoms with Crippen molar-refractivity contribution in [2.24, 2.45) is 11.8 Å². The molecule has 2 aromatic rings. The van der Waals surface area contributed by atoms with Gasteiger partial charge in [-0.25, -0.2) is 0 Å². The highest BCUT2D eigenvalue weighted by Gasteiger charge is 2.50. The van der Waals surface area contributed by atoms with Crippen LogP contribution in [0.2, 0.25) is 5.04 Å². The molecule has 0 heterocycles. The third-order valence-corrected chi connectivity index (χ3v) is 10.5. The first-order valence-corrected chi connectivity index (χ1v) is 11.7. The van der Waals surface area contributed by atoms with Crippen molar-refractivity contribution in [3.05, 3.63) is 73.3 Å². The number of benzene rings is 2. The minimum atomic E-state index is -2.54. The summed E-state index contributed by atoms with van der Waals surface area (Å²) in [4.78, 5) is 0. The molecule has 0 amide bonds. The molecule has 3 heteroatoms. The van der Waals surface area contributed by atoms with Gasteiger partial charge in [0.05, 0.1) is 6.10 Å². The lowest BCUT2D eigenvalue weighted by Crippen LogP contribution is -2.67. The predicted molar refractivity (Wildman–Crippen MR) is 118 cm³/mol. The van der Waals surface area contributed by atoms with Crippen LogP contribution in [-0.2, 0) is 4.43 Å². The van der Waals surface area contributed by atoms with E-state index in [1.165, 1.54) is 10.4 Å². The molecule has 1 N–H and O–H groups in total. The Labute approximate surface area is 166 Å². The van der Waals surface area contributed by atoms with Crippen LogP contribution in [0.1, 0.15) is 34.6 Å². The zero-order valence-electron chi connectivity index (χ0n) is 17.4. The van der Waals surface area contributed by atoms with Crippen LogP contribution < -0.4 is 10.4 Å². The summed E-state index contributed by atoms with van der Waals surface area (Å²) in [5, 5.41) is 13.1. The maximum atomic E-state index is 10.6. The molecule has 2 rings (SSSR count). The summed E-state index contributed by atoms with van der Waals surface area (Å²) < 4.78 is 6.89. The van der Waals surface area contributed by atoms with E-state index in [1.54, 1.807) is 0 Å². The van der Waals surface area contributed by atoms with E-state index in [-0.39, 0.29) is 16.9 Å². The van der Waals surface area contributed by atoms with Crippen LogP contribution in [0.3, 0.4) is 0 Å². The van der Waals surface area contributed by atoms with E-state index in [2.05, 4.69) is 94.9 Å². The van der Waals surface area contributed by atoms with Crippen LogP contribution in [-0.4, -0.2) is 26.1 Å². The van der Waals surface area contributed by atoms with Crippen molar-refractivity contribution in [2.45, 2.75) is 45.8 Å². The molecule has 2 nitrogen and oxygen atoms in total. The summed E-state index contributed by atoms with van der Waals surface area (Å²) in [6.45, 7) is 15.2. The molecular formula is C24H34O2Si. The summed E-state index contributed by atoms with van der Waals surface area (Å²) in [6.07, 6.45) is 1.35. The van der Waals surface area contributed by atoms with Crippen molar-refractivity contribution < 1.29 is 9.53 Å². The van der Waals surface area contributed by atoms with Crippen molar-refractivity contribution in [1.82, 2.24) is 0 Å². The molecule has 0 saturated heterocycles. The fraction of sp³-hybridized carbons (Fsp3) is 0.417. The lowest BCUT2D eigenvalue weighted by molar-refractivity contribution is 0.0550. The average Bonchev–Trinajstić information content (AvgIpc) is 2.67. The van der Waals surface area contributed by atoms with Crippen molar-refractivity contribution in [2.75, 3.05) is 6.61 Å². The predicted octanol–water partition coefficient (Wildman–Crippen LogP) is 4.38. The summed E-state index contributed by atoms with van der Waals surface area (Å²) >= 11 is 0. The maximum Gasteiger partial charge on any atom is 0.261 e. The highest BCUT2D eigenvalue weighted by Crippen LogP contribution is 2.37. The maximum absolute atomic E-state index is 10.6. The zero-order chi connectivity index (χ0) is 20.1. The Morgan fingerprint density at radius 1 is 0.963 bits per heavy atom. The molecule has 0 unspecified atom stereocenters. The fourth-order valence-corrected chi connectivity index (χ4v) is 8.44. The van der Waals surface area contributed by atoms with Gasteiger partial charge in [-0.15, -0.1) is 6.58 Å². The Kier molecular flexibility index (Phi) is 7.21. The summed E-state index contributed by atoms with van der Waals surface area (Å²) in [7, 11) is -2.54. The molecule has 146 valence electrons. The van der Waals surface area contributed by atoms with Crippen LogP contribution in [0.15, 0.2) is 73.3 Å². The van der Waals surface area contributed by atoms with Crippen LogP contribution >= 0.6 is 0 Å². The Hall–Kier alpha value is -1.68. The van der Waals surface area contributed by atoms with Crippen molar-refractivity contribution in [1.29, 1.82) is 0 Å². The molecule has 3 atom stereocenters. The van der Waals surface area contributed by atoms with E-state index in [0.717, 1.165) is 0 Å². The fourth-order valence-electron chi connectivity index (χ4n) is 3.77. The first-order chi connectivity index (χ1) is 12.7. The van der Waals surface area contributed by atoms with Crippen LogP contribution in [0.5, 0.6) is 0 Å². The molecule has 0 aliphatic heterocycles. The molecule has 27 heavy (non-hydrogen) atoms. The Morgan fingerprint density at radius 3 is 1.78 bits per heavy atom. The number of hydrogen-bond donors (Lipinski definition) is 1. The van der Waals surface area contributed by atoms with Gasteiger partial charge in [0.1, 0.15) is 0 Å². The molecule has 0 spiro atoms. The normalized spacial score (nSPS) is 15.8. The van der Waals surface area contributed by atoms with Crippen LogP contribution in [0.4, 0.5) is 0 Å². The minimum Gasteiger partial charge on any atom is -0.407 e. The number of aliphatic hydroxyl groups is 1. The molecule has 0 radical (unpaired) electrons. The van der Waals surface area contributed by atoms with Crippen LogP contribution in [0.25, 0.3) is 0 Å². The molecule has 0 aliphatic carbocycles. The first kappa shape index (κ1) is 21.6. The quantitative estimate of drug-likeness (QED) is 0.542. The van der Waals surface area contributed by atoms with Crippen molar-refractivity contribution >= 4 is 18.7 Å². The molecule has 0 aliphatic rings. The lowest BCUT2D eigenvalue weighted by Gasteiger charge is -2.44. The Bertz CT molecular complexity index is 667. The number of aliphatic hydroxyl groups excluding tert-OH is 1. The third-order valence-electron chi connectivity index (χ3n) is 5.47. The van der Waals surface area contributed by atoms with Gasteiger partial charge in [-0.1, -0.05) is 101 Å². The van der Waals surface area contributed by atoms with E-state index in [9.17, 15) is 5.11 Å². The van der Waals surface area contributed by atoms with Gasteiger partial charge in [-0.2, -0.15) is 0 Å².